The molecule has 0 radical (unpaired) electrons. The van der Waals surface area contributed by atoms with Gasteiger partial charge in [-0.2, -0.15) is 0 Å². The number of rotatable bonds is 17. The van der Waals surface area contributed by atoms with Gasteiger partial charge in [0.2, 0.25) is 6.69 Å². The third kappa shape index (κ3) is 23.4. The molecule has 0 aliphatic rings. The fourth-order valence-corrected chi connectivity index (χ4v) is 4.10. The minimum Gasteiger partial charge on any atom is -0.466 e. The van der Waals surface area contributed by atoms with Crippen molar-refractivity contribution in [2.24, 2.45) is 0 Å². The molecule has 27 heavy (non-hydrogen) atoms. The Kier molecular flexibility index (Phi) is 18.5. The molecule has 0 rings (SSSR count). The Labute approximate surface area is 177 Å². The summed E-state index contributed by atoms with van der Waals surface area (Å²) in [5.74, 6) is -0.0938. The normalized spacial score (nSPS) is 12.6. The Morgan fingerprint density at radius 3 is 2.11 bits per heavy atom. The molecular weight excluding hydrogens is 395 g/mol. The standard InChI is InChI=1S/C22H38Cl2O2Si/c1-3-4-5-6-7-8-9-10-11-12-13-14-15-16-17-19-22(25)26-20-18-21-27(2,23)24/h4-5,7-8,10-11H,3,6,9,12-21H2,1-2H3/b5-4-,8-7-,11-10-. The van der Waals surface area contributed by atoms with Crippen molar-refractivity contribution < 1.29 is 9.53 Å². The van der Waals surface area contributed by atoms with Crippen LogP contribution >= 0.6 is 22.2 Å². The van der Waals surface area contributed by atoms with Crippen molar-refractivity contribution in [2.45, 2.75) is 90.1 Å². The van der Waals surface area contributed by atoms with E-state index in [0.29, 0.717) is 13.0 Å². The highest BCUT2D eigenvalue weighted by molar-refractivity contribution is 7.44. The van der Waals surface area contributed by atoms with E-state index >= 15 is 0 Å². The summed E-state index contributed by atoms with van der Waals surface area (Å²) in [6, 6.07) is 0.768. The van der Waals surface area contributed by atoms with E-state index in [-0.39, 0.29) is 5.97 Å². The SMILES string of the molecule is CC/C=C\C/C=C\C/C=C\CCCCCCCC(=O)OCCC[Si](C)(Cl)Cl. The van der Waals surface area contributed by atoms with Gasteiger partial charge >= 0.3 is 5.97 Å². The molecule has 0 saturated heterocycles. The lowest BCUT2D eigenvalue weighted by atomic mass is 10.1. The van der Waals surface area contributed by atoms with Crippen molar-refractivity contribution in [3.05, 3.63) is 36.5 Å². The number of allylic oxidation sites excluding steroid dienone is 6. The van der Waals surface area contributed by atoms with Gasteiger partial charge in [-0.25, -0.2) is 0 Å². The second-order valence-corrected chi connectivity index (χ2v) is 15.2. The second-order valence-electron chi connectivity index (χ2n) is 6.99. The number of hydrogen-bond donors (Lipinski definition) is 0. The molecular formula is C22H38Cl2O2Si. The molecule has 5 heteroatoms. The number of carbonyl (C=O) groups is 1. The summed E-state index contributed by atoms with van der Waals surface area (Å²) in [5, 5.41) is 0. The molecule has 0 aromatic rings. The first-order valence-electron chi connectivity index (χ1n) is 10.4. The van der Waals surface area contributed by atoms with E-state index in [2.05, 4.69) is 43.4 Å². The number of esters is 1. The zero-order chi connectivity index (χ0) is 20.2. The summed E-state index contributed by atoms with van der Waals surface area (Å²) in [4.78, 5) is 11.6. The number of carbonyl (C=O) groups excluding carboxylic acids is 1. The van der Waals surface area contributed by atoms with Crippen LogP contribution in [0.15, 0.2) is 36.5 Å². The first-order chi connectivity index (χ1) is 13.0. The van der Waals surface area contributed by atoms with Crippen LogP contribution in [0.5, 0.6) is 0 Å². The molecule has 0 fully saturated rings. The van der Waals surface area contributed by atoms with Gasteiger partial charge in [-0.05, 0) is 57.5 Å². The molecule has 0 aromatic carbocycles. The highest BCUT2D eigenvalue weighted by atomic mass is 35.7. The van der Waals surface area contributed by atoms with Gasteiger partial charge in [-0.15, -0.1) is 22.2 Å². The molecule has 0 unspecified atom stereocenters. The van der Waals surface area contributed by atoms with E-state index in [4.69, 9.17) is 26.9 Å². The fourth-order valence-electron chi connectivity index (χ4n) is 2.53. The molecule has 156 valence electrons. The minimum absolute atomic E-state index is 0.0938. The van der Waals surface area contributed by atoms with Crippen molar-refractivity contribution >= 4 is 34.8 Å². The zero-order valence-corrected chi connectivity index (χ0v) is 19.7. The van der Waals surface area contributed by atoms with Gasteiger partial charge in [0.25, 0.3) is 0 Å². The van der Waals surface area contributed by atoms with Gasteiger partial charge in [-0.3, -0.25) is 4.79 Å². The van der Waals surface area contributed by atoms with Gasteiger partial charge in [0.15, 0.2) is 0 Å². The minimum atomic E-state index is -2.05. The smallest absolute Gasteiger partial charge is 0.305 e. The highest BCUT2D eigenvalue weighted by Gasteiger charge is 2.19. The lowest BCUT2D eigenvalue weighted by Gasteiger charge is -2.09. The summed E-state index contributed by atoms with van der Waals surface area (Å²) in [6.45, 7) is 2.43. The molecule has 0 spiro atoms. The maximum absolute atomic E-state index is 11.6. The lowest BCUT2D eigenvalue weighted by molar-refractivity contribution is -0.143. The van der Waals surface area contributed by atoms with E-state index in [1.165, 1.54) is 19.3 Å². The third-order valence-corrected chi connectivity index (χ3v) is 6.42. The van der Waals surface area contributed by atoms with Crippen LogP contribution in [0.3, 0.4) is 0 Å². The van der Waals surface area contributed by atoms with Crippen LogP contribution in [0, 0.1) is 0 Å². The Hall–Kier alpha value is -0.513. The summed E-state index contributed by atoms with van der Waals surface area (Å²) in [7, 11) is 0. The highest BCUT2D eigenvalue weighted by Crippen LogP contribution is 2.21. The van der Waals surface area contributed by atoms with Crippen molar-refractivity contribution in [1.29, 1.82) is 0 Å². The third-order valence-electron chi connectivity index (χ3n) is 4.05. The van der Waals surface area contributed by atoms with Crippen molar-refractivity contribution in [3.8, 4) is 0 Å². The number of hydrogen-bond acceptors (Lipinski definition) is 2. The summed E-state index contributed by atoms with van der Waals surface area (Å²) < 4.78 is 5.20. The van der Waals surface area contributed by atoms with Gasteiger partial charge < -0.3 is 4.74 Å². The quantitative estimate of drug-likeness (QED) is 0.0762. The van der Waals surface area contributed by atoms with E-state index in [0.717, 1.165) is 51.0 Å². The first kappa shape index (κ1) is 26.5. The maximum Gasteiger partial charge on any atom is 0.305 e. The first-order valence-corrected chi connectivity index (χ1v) is 15.2. The average Bonchev–Trinajstić information content (AvgIpc) is 2.61. The molecule has 0 atom stereocenters. The molecule has 0 aliphatic carbocycles. The van der Waals surface area contributed by atoms with Crippen LogP contribution in [-0.2, 0) is 9.53 Å². The predicted molar refractivity (Wildman–Crippen MR) is 123 cm³/mol. The van der Waals surface area contributed by atoms with Crippen LogP contribution in [0.4, 0.5) is 0 Å². The van der Waals surface area contributed by atoms with Crippen molar-refractivity contribution in [2.75, 3.05) is 6.61 Å². The van der Waals surface area contributed by atoms with Crippen LogP contribution in [-0.4, -0.2) is 19.3 Å². The van der Waals surface area contributed by atoms with Crippen LogP contribution in [0.25, 0.3) is 0 Å². The Balaban J connectivity index is 3.35. The van der Waals surface area contributed by atoms with Gasteiger partial charge in [0, 0.05) is 6.42 Å². The average molecular weight is 434 g/mol. The molecule has 0 aromatic heterocycles. The molecule has 0 bridgehead atoms. The van der Waals surface area contributed by atoms with E-state index in [9.17, 15) is 4.79 Å². The van der Waals surface area contributed by atoms with Gasteiger partial charge in [-0.1, -0.05) is 62.6 Å². The molecule has 0 heterocycles. The largest absolute Gasteiger partial charge is 0.466 e. The van der Waals surface area contributed by atoms with Crippen molar-refractivity contribution in [3.63, 3.8) is 0 Å². The topological polar surface area (TPSA) is 26.3 Å². The Morgan fingerprint density at radius 2 is 1.44 bits per heavy atom. The second kappa shape index (κ2) is 18.8. The lowest BCUT2D eigenvalue weighted by Crippen LogP contribution is -2.14. The molecule has 2 nitrogen and oxygen atoms in total. The fraction of sp³-hybridized carbons (Fsp3) is 0.682. The van der Waals surface area contributed by atoms with Gasteiger partial charge in [0.05, 0.1) is 6.61 Å². The van der Waals surface area contributed by atoms with Crippen LogP contribution < -0.4 is 0 Å². The maximum atomic E-state index is 11.6. The summed E-state index contributed by atoms with van der Waals surface area (Å²) in [5.41, 5.74) is 0. The molecule has 0 amide bonds. The van der Waals surface area contributed by atoms with E-state index < -0.39 is 6.69 Å². The monoisotopic (exact) mass is 432 g/mol. The van der Waals surface area contributed by atoms with E-state index in [1.807, 2.05) is 6.55 Å². The molecule has 0 saturated carbocycles. The van der Waals surface area contributed by atoms with Crippen molar-refractivity contribution in [1.82, 2.24) is 0 Å². The number of ether oxygens (including phenoxy) is 1. The van der Waals surface area contributed by atoms with Crippen LogP contribution in [0.2, 0.25) is 12.6 Å². The summed E-state index contributed by atoms with van der Waals surface area (Å²) >= 11 is 12.0. The van der Waals surface area contributed by atoms with E-state index in [1.54, 1.807) is 0 Å². The predicted octanol–water partition coefficient (Wildman–Crippen LogP) is 8.06. The number of halogens is 2. The molecule has 0 aliphatic heterocycles. The number of unbranched alkanes of at least 4 members (excludes halogenated alkanes) is 5. The summed E-state index contributed by atoms with van der Waals surface area (Å²) in [6.07, 6.45) is 24.6. The van der Waals surface area contributed by atoms with Crippen LogP contribution in [0.1, 0.15) is 77.6 Å². The van der Waals surface area contributed by atoms with Gasteiger partial charge in [0.1, 0.15) is 0 Å². The Morgan fingerprint density at radius 1 is 0.852 bits per heavy atom. The zero-order valence-electron chi connectivity index (χ0n) is 17.2. The Bertz CT molecular complexity index is 440. The molecule has 0 N–H and O–H groups in total.